The molecule has 13 heavy (non-hydrogen) atoms. The van der Waals surface area contributed by atoms with Crippen molar-refractivity contribution in [2.24, 2.45) is 5.41 Å². The summed E-state index contributed by atoms with van der Waals surface area (Å²) in [5.41, 5.74) is 0.200. The van der Waals surface area contributed by atoms with Crippen LogP contribution in [-0.4, -0.2) is 35.7 Å². The molecule has 1 atom stereocenters. The number of aliphatic hydroxyl groups excluding tert-OH is 1. The van der Waals surface area contributed by atoms with Gasteiger partial charge in [-0.05, 0) is 31.3 Å². The van der Waals surface area contributed by atoms with Crippen LogP contribution in [0.25, 0.3) is 0 Å². The van der Waals surface area contributed by atoms with Crippen LogP contribution in [0, 0.1) is 5.41 Å². The average Bonchev–Trinajstić information content (AvgIpc) is 2.05. The van der Waals surface area contributed by atoms with Crippen LogP contribution in [0.5, 0.6) is 0 Å². The topological polar surface area (TPSA) is 23.5 Å². The number of likely N-dealkylation sites (tertiary alicyclic amines) is 1. The van der Waals surface area contributed by atoms with Crippen LogP contribution in [0.3, 0.4) is 0 Å². The molecule has 0 amide bonds. The van der Waals surface area contributed by atoms with Gasteiger partial charge in [0.1, 0.15) is 0 Å². The largest absolute Gasteiger partial charge is 0.395 e. The third-order valence-electron chi connectivity index (χ3n) is 3.00. The molecule has 1 heterocycles. The standard InChI is InChI=1S/C11H23NO/c1-11(2,3)10(9-13)12-7-5-4-6-8-12/h10,13H,4-9H2,1-3H3. The summed E-state index contributed by atoms with van der Waals surface area (Å²) in [7, 11) is 0. The van der Waals surface area contributed by atoms with Gasteiger partial charge in [-0.2, -0.15) is 0 Å². The third kappa shape index (κ3) is 2.96. The van der Waals surface area contributed by atoms with Gasteiger partial charge in [0.25, 0.3) is 0 Å². The Morgan fingerprint density at radius 1 is 1.15 bits per heavy atom. The summed E-state index contributed by atoms with van der Waals surface area (Å²) in [6.07, 6.45) is 3.96. The fourth-order valence-corrected chi connectivity index (χ4v) is 2.17. The van der Waals surface area contributed by atoms with E-state index in [2.05, 4.69) is 25.7 Å². The minimum absolute atomic E-state index is 0.200. The molecule has 0 saturated carbocycles. The van der Waals surface area contributed by atoms with E-state index < -0.39 is 0 Å². The molecule has 0 spiro atoms. The predicted octanol–water partition coefficient (Wildman–Crippen LogP) is 1.88. The van der Waals surface area contributed by atoms with Gasteiger partial charge < -0.3 is 5.11 Å². The van der Waals surface area contributed by atoms with Gasteiger partial charge in [-0.1, -0.05) is 27.2 Å². The number of hydrogen-bond donors (Lipinski definition) is 1. The summed E-state index contributed by atoms with van der Waals surface area (Å²) in [6.45, 7) is 9.27. The van der Waals surface area contributed by atoms with Gasteiger partial charge in [0.05, 0.1) is 6.61 Å². The molecule has 0 aliphatic carbocycles. The van der Waals surface area contributed by atoms with Crippen molar-refractivity contribution >= 4 is 0 Å². The second-order valence-corrected chi connectivity index (χ2v) is 5.16. The molecule has 78 valence electrons. The fourth-order valence-electron chi connectivity index (χ4n) is 2.17. The van der Waals surface area contributed by atoms with Crippen molar-refractivity contribution in [2.75, 3.05) is 19.7 Å². The molecule has 0 radical (unpaired) electrons. The lowest BCUT2D eigenvalue weighted by Gasteiger charge is -2.41. The van der Waals surface area contributed by atoms with Gasteiger partial charge in [-0.25, -0.2) is 0 Å². The Labute approximate surface area is 81.9 Å². The molecule has 1 aliphatic rings. The molecule has 1 rings (SSSR count). The molecule has 0 aromatic heterocycles. The number of hydrogen-bond acceptors (Lipinski definition) is 2. The molecule has 1 aliphatic heterocycles. The lowest BCUT2D eigenvalue weighted by molar-refractivity contribution is 0.0355. The van der Waals surface area contributed by atoms with Crippen molar-refractivity contribution in [3.05, 3.63) is 0 Å². The molecule has 2 heteroatoms. The van der Waals surface area contributed by atoms with Gasteiger partial charge in [0, 0.05) is 6.04 Å². The first-order chi connectivity index (χ1) is 6.05. The maximum absolute atomic E-state index is 9.37. The second kappa shape index (κ2) is 4.43. The number of aliphatic hydroxyl groups is 1. The molecular formula is C11H23NO. The maximum Gasteiger partial charge on any atom is 0.0591 e. The smallest absolute Gasteiger partial charge is 0.0591 e. The maximum atomic E-state index is 9.37. The number of piperidine rings is 1. The first-order valence-corrected chi connectivity index (χ1v) is 5.40. The highest BCUT2D eigenvalue weighted by atomic mass is 16.3. The Morgan fingerprint density at radius 2 is 1.69 bits per heavy atom. The average molecular weight is 185 g/mol. The van der Waals surface area contributed by atoms with E-state index in [0.29, 0.717) is 12.6 Å². The van der Waals surface area contributed by atoms with Gasteiger partial charge in [0.2, 0.25) is 0 Å². The van der Waals surface area contributed by atoms with Crippen molar-refractivity contribution in [1.82, 2.24) is 4.90 Å². The van der Waals surface area contributed by atoms with E-state index >= 15 is 0 Å². The lowest BCUT2D eigenvalue weighted by Crippen LogP contribution is -2.48. The quantitative estimate of drug-likeness (QED) is 0.710. The van der Waals surface area contributed by atoms with Crippen molar-refractivity contribution in [1.29, 1.82) is 0 Å². The Balaban J connectivity index is 2.54. The number of nitrogens with zero attached hydrogens (tertiary/aromatic N) is 1. The molecule has 1 fully saturated rings. The van der Waals surface area contributed by atoms with E-state index in [0.717, 1.165) is 0 Å². The lowest BCUT2D eigenvalue weighted by atomic mass is 9.85. The van der Waals surface area contributed by atoms with Gasteiger partial charge in [0.15, 0.2) is 0 Å². The van der Waals surface area contributed by atoms with Crippen molar-refractivity contribution in [3.8, 4) is 0 Å². The Bertz CT molecular complexity index is 145. The van der Waals surface area contributed by atoms with E-state index in [1.54, 1.807) is 0 Å². The van der Waals surface area contributed by atoms with E-state index in [4.69, 9.17) is 0 Å². The minimum atomic E-state index is 0.200. The second-order valence-electron chi connectivity index (χ2n) is 5.16. The summed E-state index contributed by atoms with van der Waals surface area (Å²) < 4.78 is 0. The van der Waals surface area contributed by atoms with Gasteiger partial charge in [-0.15, -0.1) is 0 Å². The molecule has 0 aromatic carbocycles. The zero-order chi connectivity index (χ0) is 9.90. The van der Waals surface area contributed by atoms with Crippen molar-refractivity contribution < 1.29 is 5.11 Å². The van der Waals surface area contributed by atoms with E-state index in [9.17, 15) is 5.11 Å². The normalized spacial score (nSPS) is 23.1. The summed E-state index contributed by atoms with van der Waals surface area (Å²) in [4.78, 5) is 2.45. The Morgan fingerprint density at radius 3 is 2.08 bits per heavy atom. The predicted molar refractivity (Wildman–Crippen MR) is 55.8 cm³/mol. The van der Waals surface area contributed by atoms with E-state index in [1.165, 1.54) is 32.4 Å². The minimum Gasteiger partial charge on any atom is -0.395 e. The Hall–Kier alpha value is -0.0800. The SMILES string of the molecule is CC(C)(C)C(CO)N1CCCCC1. The van der Waals surface area contributed by atoms with Crippen LogP contribution in [0.2, 0.25) is 0 Å². The van der Waals surface area contributed by atoms with Crippen LogP contribution in [0.1, 0.15) is 40.0 Å². The van der Waals surface area contributed by atoms with Crippen LogP contribution in [0.15, 0.2) is 0 Å². The zero-order valence-electron chi connectivity index (χ0n) is 9.21. The molecular weight excluding hydrogens is 162 g/mol. The third-order valence-corrected chi connectivity index (χ3v) is 3.00. The van der Waals surface area contributed by atoms with E-state index in [-0.39, 0.29) is 5.41 Å². The molecule has 0 bridgehead atoms. The summed E-state index contributed by atoms with van der Waals surface area (Å²) in [6, 6.07) is 0.341. The van der Waals surface area contributed by atoms with Crippen LogP contribution in [-0.2, 0) is 0 Å². The first kappa shape index (κ1) is 11.0. The first-order valence-electron chi connectivity index (χ1n) is 5.40. The zero-order valence-corrected chi connectivity index (χ0v) is 9.21. The Kier molecular flexibility index (Phi) is 3.74. The van der Waals surface area contributed by atoms with Gasteiger partial charge >= 0.3 is 0 Å². The molecule has 2 nitrogen and oxygen atoms in total. The van der Waals surface area contributed by atoms with Crippen LogP contribution < -0.4 is 0 Å². The molecule has 0 aromatic rings. The van der Waals surface area contributed by atoms with Crippen LogP contribution >= 0.6 is 0 Å². The molecule has 1 unspecified atom stereocenters. The highest BCUT2D eigenvalue weighted by Gasteiger charge is 2.30. The molecule has 1 N–H and O–H groups in total. The summed E-state index contributed by atoms with van der Waals surface area (Å²) >= 11 is 0. The monoisotopic (exact) mass is 185 g/mol. The van der Waals surface area contributed by atoms with Crippen molar-refractivity contribution in [3.63, 3.8) is 0 Å². The van der Waals surface area contributed by atoms with Gasteiger partial charge in [-0.3, -0.25) is 4.90 Å². The molecule has 1 saturated heterocycles. The van der Waals surface area contributed by atoms with Crippen molar-refractivity contribution in [2.45, 2.75) is 46.1 Å². The van der Waals surface area contributed by atoms with E-state index in [1.807, 2.05) is 0 Å². The highest BCUT2D eigenvalue weighted by Crippen LogP contribution is 2.26. The fraction of sp³-hybridized carbons (Fsp3) is 1.00. The summed E-state index contributed by atoms with van der Waals surface area (Å²) in [5, 5.41) is 9.37. The van der Waals surface area contributed by atoms with Crippen LogP contribution in [0.4, 0.5) is 0 Å². The number of rotatable bonds is 2. The summed E-state index contributed by atoms with van der Waals surface area (Å²) in [5.74, 6) is 0. The highest BCUT2D eigenvalue weighted by molar-refractivity contribution is 4.84.